The minimum absolute atomic E-state index is 0.216. The van der Waals surface area contributed by atoms with Crippen LogP contribution in [0.5, 0.6) is 11.5 Å². The summed E-state index contributed by atoms with van der Waals surface area (Å²) in [5.74, 6) is 0.514. The van der Waals surface area contributed by atoms with Crippen molar-refractivity contribution in [1.29, 1.82) is 0 Å². The van der Waals surface area contributed by atoms with Gasteiger partial charge in [-0.05, 0) is 63.1 Å². The van der Waals surface area contributed by atoms with Crippen molar-refractivity contribution in [3.63, 3.8) is 0 Å². The number of rotatable bonds is 9. The molecule has 8 heteroatoms. The Morgan fingerprint density at radius 3 is 2.28 bits per heavy atom. The van der Waals surface area contributed by atoms with Gasteiger partial charge in [-0.2, -0.15) is 0 Å². The molecule has 0 aliphatic carbocycles. The Morgan fingerprint density at radius 1 is 1.09 bits per heavy atom. The molecule has 0 spiro atoms. The molecule has 32 heavy (non-hydrogen) atoms. The third-order valence-corrected chi connectivity index (χ3v) is 5.17. The fourth-order valence-electron chi connectivity index (χ4n) is 3.11. The van der Waals surface area contributed by atoms with E-state index in [1.54, 1.807) is 25.3 Å². The second kappa shape index (κ2) is 11.4. The van der Waals surface area contributed by atoms with Gasteiger partial charge in [0.15, 0.2) is 6.61 Å². The van der Waals surface area contributed by atoms with Gasteiger partial charge in [-0.25, -0.2) is 0 Å². The summed E-state index contributed by atoms with van der Waals surface area (Å²) in [5, 5.41) is 3.75. The van der Waals surface area contributed by atoms with Crippen molar-refractivity contribution in [3.05, 3.63) is 58.1 Å². The molecule has 2 amide bonds. The van der Waals surface area contributed by atoms with E-state index in [-0.39, 0.29) is 25.0 Å². The van der Waals surface area contributed by atoms with Crippen LogP contribution in [0.3, 0.4) is 0 Å². The van der Waals surface area contributed by atoms with Crippen molar-refractivity contribution in [1.82, 2.24) is 10.2 Å². The summed E-state index contributed by atoms with van der Waals surface area (Å²) in [6.07, 6.45) is 0.450. The van der Waals surface area contributed by atoms with Crippen LogP contribution in [0.2, 0.25) is 10.0 Å². The van der Waals surface area contributed by atoms with E-state index in [0.717, 1.165) is 5.56 Å². The number of hydrogen-bond acceptors (Lipinski definition) is 4. The first-order chi connectivity index (χ1) is 15.0. The van der Waals surface area contributed by atoms with Gasteiger partial charge in [0.2, 0.25) is 5.91 Å². The number of methoxy groups -OCH3 is 1. The van der Waals surface area contributed by atoms with E-state index < -0.39 is 11.6 Å². The highest BCUT2D eigenvalue weighted by Crippen LogP contribution is 2.27. The Labute approximate surface area is 199 Å². The van der Waals surface area contributed by atoms with E-state index >= 15 is 0 Å². The van der Waals surface area contributed by atoms with E-state index in [4.69, 9.17) is 32.7 Å². The monoisotopic (exact) mass is 480 g/mol. The molecule has 174 valence electrons. The number of carbonyl (C=O) groups excluding carboxylic acids is 2. The summed E-state index contributed by atoms with van der Waals surface area (Å²) in [5.41, 5.74) is 0.442. The average molecular weight is 481 g/mol. The lowest BCUT2D eigenvalue weighted by molar-refractivity contribution is -0.143. The van der Waals surface area contributed by atoms with Crippen LogP contribution >= 0.6 is 23.2 Å². The number of hydrogen-bond donors (Lipinski definition) is 1. The van der Waals surface area contributed by atoms with Crippen molar-refractivity contribution in [2.24, 2.45) is 0 Å². The van der Waals surface area contributed by atoms with Crippen LogP contribution in [-0.2, 0) is 16.1 Å². The molecule has 0 heterocycles. The minimum Gasteiger partial charge on any atom is -0.497 e. The van der Waals surface area contributed by atoms with Gasteiger partial charge in [0, 0.05) is 17.1 Å². The van der Waals surface area contributed by atoms with Gasteiger partial charge in [-0.3, -0.25) is 9.59 Å². The number of halogens is 2. The molecule has 0 saturated heterocycles. The van der Waals surface area contributed by atoms with Crippen LogP contribution in [0.4, 0.5) is 0 Å². The van der Waals surface area contributed by atoms with Gasteiger partial charge < -0.3 is 19.7 Å². The van der Waals surface area contributed by atoms with Crippen molar-refractivity contribution in [2.75, 3.05) is 13.7 Å². The standard InChI is InChI=1S/C24H30Cl2N2O4/c1-6-20(23(30)27-24(2,3)4)28(14-16-7-10-18(31-5)11-8-16)22(29)15-32-21-12-9-17(25)13-19(21)26/h7-13,20H,6,14-15H2,1-5H3,(H,27,30)/t20-/m1/s1. The molecule has 0 unspecified atom stereocenters. The predicted octanol–water partition coefficient (Wildman–Crippen LogP) is 5.10. The smallest absolute Gasteiger partial charge is 0.261 e. The Morgan fingerprint density at radius 2 is 1.75 bits per heavy atom. The van der Waals surface area contributed by atoms with E-state index in [9.17, 15) is 9.59 Å². The maximum atomic E-state index is 13.2. The lowest BCUT2D eigenvalue weighted by Gasteiger charge is -2.33. The van der Waals surface area contributed by atoms with Crippen LogP contribution < -0.4 is 14.8 Å². The normalized spacial score (nSPS) is 12.1. The Kier molecular flexibility index (Phi) is 9.22. The SMILES string of the molecule is CC[C@H](C(=O)NC(C)(C)C)N(Cc1ccc(OC)cc1)C(=O)COc1ccc(Cl)cc1Cl. The van der Waals surface area contributed by atoms with Gasteiger partial charge >= 0.3 is 0 Å². The number of nitrogens with one attached hydrogen (secondary N) is 1. The number of ether oxygens (including phenoxy) is 2. The molecule has 0 aliphatic heterocycles. The summed E-state index contributed by atoms with van der Waals surface area (Å²) in [6.45, 7) is 7.56. The molecule has 2 aromatic rings. The molecule has 2 rings (SSSR count). The Hall–Kier alpha value is -2.44. The van der Waals surface area contributed by atoms with Gasteiger partial charge in [-0.1, -0.05) is 42.3 Å². The largest absolute Gasteiger partial charge is 0.497 e. The van der Waals surface area contributed by atoms with Gasteiger partial charge in [-0.15, -0.1) is 0 Å². The molecule has 1 atom stereocenters. The number of benzene rings is 2. The van der Waals surface area contributed by atoms with Crippen molar-refractivity contribution in [3.8, 4) is 11.5 Å². The Bertz CT molecular complexity index is 927. The zero-order chi connectivity index (χ0) is 23.9. The summed E-state index contributed by atoms with van der Waals surface area (Å²) in [4.78, 5) is 27.7. The van der Waals surface area contributed by atoms with Crippen LogP contribution in [0.25, 0.3) is 0 Å². The molecule has 0 fully saturated rings. The molecule has 1 N–H and O–H groups in total. The van der Waals surface area contributed by atoms with Gasteiger partial charge in [0.25, 0.3) is 5.91 Å². The molecule has 0 saturated carbocycles. The van der Waals surface area contributed by atoms with Gasteiger partial charge in [0.05, 0.1) is 12.1 Å². The molecular weight excluding hydrogens is 451 g/mol. The first-order valence-electron chi connectivity index (χ1n) is 10.4. The van der Waals surface area contributed by atoms with E-state index in [0.29, 0.717) is 28.0 Å². The zero-order valence-electron chi connectivity index (χ0n) is 19.1. The van der Waals surface area contributed by atoms with Crippen LogP contribution in [-0.4, -0.2) is 42.0 Å². The van der Waals surface area contributed by atoms with Crippen molar-refractivity contribution >= 4 is 35.0 Å². The molecular formula is C24H30Cl2N2O4. The quantitative estimate of drug-likeness (QED) is 0.541. The second-order valence-electron chi connectivity index (χ2n) is 8.40. The second-order valence-corrected chi connectivity index (χ2v) is 9.24. The Balaban J connectivity index is 2.25. The first kappa shape index (κ1) is 25.8. The maximum absolute atomic E-state index is 13.2. The van der Waals surface area contributed by atoms with E-state index in [2.05, 4.69) is 5.32 Å². The zero-order valence-corrected chi connectivity index (χ0v) is 20.6. The molecule has 0 aliphatic rings. The highest BCUT2D eigenvalue weighted by atomic mass is 35.5. The maximum Gasteiger partial charge on any atom is 0.261 e. The predicted molar refractivity (Wildman–Crippen MR) is 127 cm³/mol. The fourth-order valence-corrected chi connectivity index (χ4v) is 3.58. The average Bonchev–Trinajstić information content (AvgIpc) is 2.72. The summed E-state index contributed by atoms with van der Waals surface area (Å²) < 4.78 is 10.9. The highest BCUT2D eigenvalue weighted by Gasteiger charge is 2.31. The van der Waals surface area contributed by atoms with E-state index in [1.165, 1.54) is 4.90 Å². The fraction of sp³-hybridized carbons (Fsp3) is 0.417. The molecule has 0 aromatic heterocycles. The third kappa shape index (κ3) is 7.61. The van der Waals surface area contributed by atoms with Crippen molar-refractivity contribution in [2.45, 2.75) is 52.2 Å². The van der Waals surface area contributed by atoms with Crippen LogP contribution in [0.15, 0.2) is 42.5 Å². The topological polar surface area (TPSA) is 67.9 Å². The highest BCUT2D eigenvalue weighted by molar-refractivity contribution is 6.35. The van der Waals surface area contributed by atoms with Crippen LogP contribution in [0, 0.1) is 0 Å². The lowest BCUT2D eigenvalue weighted by atomic mass is 10.1. The van der Waals surface area contributed by atoms with Gasteiger partial charge in [0.1, 0.15) is 17.5 Å². The molecule has 0 radical (unpaired) electrons. The third-order valence-electron chi connectivity index (χ3n) is 4.64. The number of carbonyl (C=O) groups is 2. The molecule has 0 bridgehead atoms. The number of amides is 2. The van der Waals surface area contributed by atoms with Crippen LogP contribution in [0.1, 0.15) is 39.7 Å². The first-order valence-corrected chi connectivity index (χ1v) is 11.1. The minimum atomic E-state index is -0.659. The molecule has 2 aromatic carbocycles. The summed E-state index contributed by atoms with van der Waals surface area (Å²) in [7, 11) is 1.59. The van der Waals surface area contributed by atoms with Crippen molar-refractivity contribution < 1.29 is 19.1 Å². The lowest BCUT2D eigenvalue weighted by Crippen LogP contribution is -2.54. The number of nitrogens with zero attached hydrogens (tertiary/aromatic N) is 1. The van der Waals surface area contributed by atoms with E-state index in [1.807, 2.05) is 52.0 Å². The summed E-state index contributed by atoms with van der Waals surface area (Å²) >= 11 is 12.1. The molecule has 6 nitrogen and oxygen atoms in total. The summed E-state index contributed by atoms with van der Waals surface area (Å²) in [6, 6.07) is 11.5.